The molecule has 0 atom stereocenters. The lowest BCUT2D eigenvalue weighted by molar-refractivity contribution is 0.108. The van der Waals surface area contributed by atoms with Gasteiger partial charge in [0.05, 0.1) is 0 Å². The molecule has 0 saturated heterocycles. The molecule has 0 heterocycles. The van der Waals surface area contributed by atoms with Gasteiger partial charge in [0.1, 0.15) is 0 Å². The lowest BCUT2D eigenvalue weighted by Crippen LogP contribution is -2.39. The summed E-state index contributed by atoms with van der Waals surface area (Å²) in [5, 5.41) is 3.66. The maximum Gasteiger partial charge on any atom is 0.0466 e. The molecule has 1 saturated carbocycles. The van der Waals surface area contributed by atoms with Crippen molar-refractivity contribution >= 4 is 0 Å². The minimum absolute atomic E-state index is 0.569. The third-order valence-corrected chi connectivity index (χ3v) is 4.00. The molecule has 102 valence electrons. The first-order valence-electron chi connectivity index (χ1n) is 7.50. The van der Waals surface area contributed by atoms with Crippen molar-refractivity contribution in [3.63, 3.8) is 0 Å². The Balaban J connectivity index is 2.35. The summed E-state index contributed by atoms with van der Waals surface area (Å²) in [7, 11) is 0. The van der Waals surface area contributed by atoms with Crippen LogP contribution in [0.15, 0.2) is 0 Å². The van der Waals surface area contributed by atoms with E-state index in [1.165, 1.54) is 51.5 Å². The molecular formula is C15H31NO. The molecule has 0 aromatic carbocycles. The van der Waals surface area contributed by atoms with Crippen molar-refractivity contribution in [3.8, 4) is 0 Å². The molecule has 1 fully saturated rings. The molecule has 0 amide bonds. The summed E-state index contributed by atoms with van der Waals surface area (Å²) in [6, 6.07) is 0.612. The van der Waals surface area contributed by atoms with E-state index in [0.717, 1.165) is 13.2 Å². The Bertz CT molecular complexity index is 185. The van der Waals surface area contributed by atoms with E-state index in [-0.39, 0.29) is 0 Å². The number of rotatable bonds is 8. The van der Waals surface area contributed by atoms with E-state index in [0.29, 0.717) is 11.5 Å². The lowest BCUT2D eigenvalue weighted by Gasteiger charge is -2.38. The summed E-state index contributed by atoms with van der Waals surface area (Å²) in [5.41, 5.74) is 0.569. The van der Waals surface area contributed by atoms with Gasteiger partial charge in [-0.3, -0.25) is 0 Å². The molecular weight excluding hydrogens is 210 g/mol. The Kier molecular flexibility index (Phi) is 7.14. The third-order valence-electron chi connectivity index (χ3n) is 4.00. The number of ether oxygens (including phenoxy) is 1. The monoisotopic (exact) mass is 241 g/mol. The van der Waals surface area contributed by atoms with Crippen LogP contribution in [0.3, 0.4) is 0 Å². The van der Waals surface area contributed by atoms with Gasteiger partial charge in [-0.05, 0) is 38.0 Å². The van der Waals surface area contributed by atoms with Gasteiger partial charge in [0.15, 0.2) is 0 Å². The van der Waals surface area contributed by atoms with Crippen molar-refractivity contribution in [3.05, 3.63) is 0 Å². The van der Waals surface area contributed by atoms with E-state index in [2.05, 4.69) is 26.1 Å². The van der Waals surface area contributed by atoms with Crippen molar-refractivity contribution in [2.75, 3.05) is 19.8 Å². The Morgan fingerprint density at radius 1 is 1.18 bits per heavy atom. The van der Waals surface area contributed by atoms with Crippen molar-refractivity contribution in [2.24, 2.45) is 5.41 Å². The molecule has 1 aliphatic rings. The Morgan fingerprint density at radius 2 is 1.88 bits per heavy atom. The van der Waals surface area contributed by atoms with Crippen LogP contribution in [0.1, 0.15) is 65.7 Å². The Morgan fingerprint density at radius 3 is 2.47 bits per heavy atom. The van der Waals surface area contributed by atoms with Gasteiger partial charge in [-0.2, -0.15) is 0 Å². The zero-order valence-corrected chi connectivity index (χ0v) is 12.1. The maximum atomic E-state index is 5.47. The predicted molar refractivity (Wildman–Crippen MR) is 74.4 cm³/mol. The Hall–Kier alpha value is -0.0800. The third kappa shape index (κ3) is 5.87. The minimum Gasteiger partial charge on any atom is -0.382 e. The zero-order chi connectivity index (χ0) is 12.6. The molecule has 0 unspecified atom stereocenters. The van der Waals surface area contributed by atoms with E-state index >= 15 is 0 Å². The number of nitrogens with one attached hydrogen (secondary N) is 1. The number of hydrogen-bond donors (Lipinski definition) is 1. The normalized spacial score (nSPS) is 19.8. The van der Waals surface area contributed by atoms with Crippen LogP contribution >= 0.6 is 0 Å². The molecule has 1 N–H and O–H groups in total. The van der Waals surface area contributed by atoms with Crippen LogP contribution in [0.2, 0.25) is 0 Å². The maximum absolute atomic E-state index is 5.47. The highest BCUT2D eigenvalue weighted by atomic mass is 16.5. The molecule has 2 heteroatoms. The minimum atomic E-state index is 0.569. The quantitative estimate of drug-likeness (QED) is 0.653. The molecule has 1 rings (SSSR count). The lowest BCUT2D eigenvalue weighted by atomic mass is 9.71. The predicted octanol–water partition coefficient (Wildman–Crippen LogP) is 3.75. The molecule has 0 aliphatic heterocycles. The van der Waals surface area contributed by atoms with Crippen molar-refractivity contribution < 1.29 is 4.74 Å². The van der Waals surface area contributed by atoms with Crippen molar-refractivity contribution in [1.82, 2.24) is 5.32 Å². The highest BCUT2D eigenvalue weighted by Gasteiger charge is 2.31. The first-order chi connectivity index (χ1) is 8.18. The van der Waals surface area contributed by atoms with Gasteiger partial charge in [-0.25, -0.2) is 0 Å². The largest absolute Gasteiger partial charge is 0.382 e. The Labute approximate surface area is 108 Å². The SMILES string of the molecule is CCOCCCC1(CNC(C)C)CCCCC1. The van der Waals surface area contributed by atoms with Gasteiger partial charge in [0, 0.05) is 25.8 Å². The summed E-state index contributed by atoms with van der Waals surface area (Å²) >= 11 is 0. The van der Waals surface area contributed by atoms with E-state index in [1.807, 2.05) is 0 Å². The molecule has 0 radical (unpaired) electrons. The zero-order valence-electron chi connectivity index (χ0n) is 12.1. The molecule has 1 aliphatic carbocycles. The van der Waals surface area contributed by atoms with Crippen LogP contribution in [0.5, 0.6) is 0 Å². The van der Waals surface area contributed by atoms with Crippen LogP contribution < -0.4 is 5.32 Å². The van der Waals surface area contributed by atoms with Gasteiger partial charge in [-0.1, -0.05) is 33.1 Å². The smallest absolute Gasteiger partial charge is 0.0466 e. The molecule has 0 aromatic heterocycles. The average molecular weight is 241 g/mol. The molecule has 0 aromatic rings. The van der Waals surface area contributed by atoms with E-state index in [4.69, 9.17) is 4.74 Å². The molecule has 0 spiro atoms. The second-order valence-electron chi connectivity index (χ2n) is 5.90. The summed E-state index contributed by atoms with van der Waals surface area (Å²) in [4.78, 5) is 0. The summed E-state index contributed by atoms with van der Waals surface area (Å²) in [6.45, 7) is 9.58. The topological polar surface area (TPSA) is 21.3 Å². The second-order valence-corrected chi connectivity index (χ2v) is 5.90. The summed E-state index contributed by atoms with van der Waals surface area (Å²) in [5.74, 6) is 0. The summed E-state index contributed by atoms with van der Waals surface area (Å²) < 4.78 is 5.47. The van der Waals surface area contributed by atoms with Gasteiger partial charge >= 0.3 is 0 Å². The van der Waals surface area contributed by atoms with E-state index in [9.17, 15) is 0 Å². The van der Waals surface area contributed by atoms with Crippen LogP contribution in [0.25, 0.3) is 0 Å². The fraction of sp³-hybridized carbons (Fsp3) is 1.00. The van der Waals surface area contributed by atoms with E-state index in [1.54, 1.807) is 0 Å². The standard InChI is InChI=1S/C15H31NO/c1-4-17-12-8-11-15(13-16-14(2)3)9-6-5-7-10-15/h14,16H,4-13H2,1-3H3. The summed E-state index contributed by atoms with van der Waals surface area (Å²) in [6.07, 6.45) is 9.69. The van der Waals surface area contributed by atoms with E-state index < -0.39 is 0 Å². The van der Waals surface area contributed by atoms with Crippen molar-refractivity contribution in [2.45, 2.75) is 71.8 Å². The van der Waals surface area contributed by atoms with Crippen LogP contribution in [0.4, 0.5) is 0 Å². The van der Waals surface area contributed by atoms with Crippen LogP contribution in [-0.4, -0.2) is 25.8 Å². The molecule has 2 nitrogen and oxygen atoms in total. The average Bonchev–Trinajstić information content (AvgIpc) is 2.34. The molecule has 0 bridgehead atoms. The van der Waals surface area contributed by atoms with Crippen LogP contribution in [0, 0.1) is 5.41 Å². The van der Waals surface area contributed by atoms with Crippen LogP contribution in [-0.2, 0) is 4.74 Å². The van der Waals surface area contributed by atoms with Gasteiger partial charge in [0.2, 0.25) is 0 Å². The fourth-order valence-corrected chi connectivity index (χ4v) is 2.93. The van der Waals surface area contributed by atoms with Gasteiger partial charge < -0.3 is 10.1 Å². The first kappa shape index (κ1) is 15.0. The van der Waals surface area contributed by atoms with Gasteiger partial charge in [0.25, 0.3) is 0 Å². The fourth-order valence-electron chi connectivity index (χ4n) is 2.93. The highest BCUT2D eigenvalue weighted by Crippen LogP contribution is 2.39. The van der Waals surface area contributed by atoms with Gasteiger partial charge in [-0.15, -0.1) is 0 Å². The first-order valence-corrected chi connectivity index (χ1v) is 7.50. The highest BCUT2D eigenvalue weighted by molar-refractivity contribution is 4.85. The van der Waals surface area contributed by atoms with Crippen molar-refractivity contribution in [1.29, 1.82) is 0 Å². The molecule has 17 heavy (non-hydrogen) atoms. The second kappa shape index (κ2) is 8.10. The number of hydrogen-bond acceptors (Lipinski definition) is 2.